The number of hydrogen-bond donors (Lipinski definition) is 2. The molecule has 228 valence electrons. The predicted octanol–water partition coefficient (Wildman–Crippen LogP) is 3.46. The summed E-state index contributed by atoms with van der Waals surface area (Å²) < 4.78 is 18.2. The van der Waals surface area contributed by atoms with Crippen LogP contribution in [0.5, 0.6) is 0 Å². The quantitative estimate of drug-likeness (QED) is 0.368. The van der Waals surface area contributed by atoms with Gasteiger partial charge >= 0.3 is 5.97 Å². The van der Waals surface area contributed by atoms with E-state index in [1.807, 2.05) is 59.7 Å². The Balaban J connectivity index is 2.48. The van der Waals surface area contributed by atoms with Crippen LogP contribution >= 0.6 is 0 Å². The van der Waals surface area contributed by atoms with Gasteiger partial charge in [-0.2, -0.15) is 0 Å². The molecule has 0 aromatic heterocycles. The van der Waals surface area contributed by atoms with Crippen LogP contribution in [0.4, 0.5) is 0 Å². The molecule has 0 aliphatic carbocycles. The van der Waals surface area contributed by atoms with E-state index in [9.17, 15) is 24.6 Å². The van der Waals surface area contributed by atoms with Gasteiger partial charge in [-0.15, -0.1) is 0 Å². The summed E-state index contributed by atoms with van der Waals surface area (Å²) in [6.07, 6.45) is 2.94. The molecule has 0 unspecified atom stereocenters. The van der Waals surface area contributed by atoms with Crippen molar-refractivity contribution in [3.05, 3.63) is 23.8 Å². The Morgan fingerprint density at radius 2 is 1.77 bits per heavy atom. The molecule has 2 N–H and O–H groups in total. The lowest BCUT2D eigenvalue weighted by Crippen LogP contribution is -2.56. The normalized spacial score (nSPS) is 41.2. The molecule has 2 rings (SSSR count). The molecule has 0 amide bonds. The number of allylic oxidation sites excluding steroid dienone is 3. The monoisotopic (exact) mass is 565 g/mol. The minimum Gasteiger partial charge on any atom is -0.462 e. The number of cyclic esters (lactones) is 1. The maximum Gasteiger partial charge on any atom is 0.308 e. The van der Waals surface area contributed by atoms with Crippen molar-refractivity contribution in [3.63, 3.8) is 0 Å². The molecule has 0 bridgehead atoms. The van der Waals surface area contributed by atoms with E-state index in [1.165, 1.54) is 0 Å². The third-order valence-electron chi connectivity index (χ3n) is 8.38. The molecule has 2 aliphatic heterocycles. The van der Waals surface area contributed by atoms with E-state index in [-0.39, 0.29) is 42.8 Å². The first-order valence-corrected chi connectivity index (χ1v) is 14.7. The number of esters is 1. The van der Waals surface area contributed by atoms with Gasteiger partial charge in [0, 0.05) is 30.2 Å². The number of aliphatic hydroxyl groups excluding tert-OH is 2. The van der Waals surface area contributed by atoms with Gasteiger partial charge in [0.05, 0.1) is 24.7 Å². The van der Waals surface area contributed by atoms with E-state index in [0.29, 0.717) is 19.3 Å². The third-order valence-corrected chi connectivity index (χ3v) is 8.38. The molecule has 9 nitrogen and oxygen atoms in total. The molecule has 2 aliphatic rings. The fraction of sp³-hybridized carbons (Fsp3) is 0.774. The number of carbonyl (C=O) groups excluding carboxylic acids is 3. The number of hydrogen-bond acceptors (Lipinski definition) is 9. The van der Waals surface area contributed by atoms with Crippen LogP contribution in [-0.4, -0.2) is 90.1 Å². The Morgan fingerprint density at radius 3 is 2.38 bits per heavy atom. The molecule has 0 aromatic rings. The van der Waals surface area contributed by atoms with E-state index in [1.54, 1.807) is 19.1 Å². The zero-order chi connectivity index (χ0) is 30.1. The summed E-state index contributed by atoms with van der Waals surface area (Å²) in [6, 6.07) is -0.213. The third kappa shape index (κ3) is 9.58. The highest BCUT2D eigenvalue weighted by Gasteiger charge is 2.43. The first-order valence-electron chi connectivity index (χ1n) is 14.7. The van der Waals surface area contributed by atoms with Crippen LogP contribution in [0.1, 0.15) is 73.6 Å². The lowest BCUT2D eigenvalue weighted by atomic mass is 9.79. The minimum absolute atomic E-state index is 0.0796. The molecule has 9 heteroatoms. The molecule has 40 heavy (non-hydrogen) atoms. The molecule has 11 atom stereocenters. The van der Waals surface area contributed by atoms with E-state index < -0.39 is 48.3 Å². The average Bonchev–Trinajstić information content (AvgIpc) is 2.88. The minimum atomic E-state index is -1.14. The summed E-state index contributed by atoms with van der Waals surface area (Å²) in [7, 11) is 3.76. The summed E-state index contributed by atoms with van der Waals surface area (Å²) in [6.45, 7) is 11.3. The zero-order valence-corrected chi connectivity index (χ0v) is 25.5. The summed E-state index contributed by atoms with van der Waals surface area (Å²) in [5.74, 6) is -2.20. The summed E-state index contributed by atoms with van der Waals surface area (Å²) >= 11 is 0. The Hall–Kier alpha value is -1.91. The van der Waals surface area contributed by atoms with Crippen molar-refractivity contribution in [2.24, 2.45) is 23.7 Å². The molecule has 0 radical (unpaired) electrons. The number of aldehydes is 1. The summed E-state index contributed by atoms with van der Waals surface area (Å²) in [5.41, 5.74) is 0.877. The van der Waals surface area contributed by atoms with Crippen molar-refractivity contribution in [2.45, 2.75) is 116 Å². The van der Waals surface area contributed by atoms with Crippen molar-refractivity contribution in [2.75, 3.05) is 14.1 Å². The summed E-state index contributed by atoms with van der Waals surface area (Å²) in [5, 5.41) is 22.3. The van der Waals surface area contributed by atoms with Crippen LogP contribution in [0, 0.1) is 23.7 Å². The number of ether oxygens (including phenoxy) is 3. The van der Waals surface area contributed by atoms with Crippen molar-refractivity contribution in [3.8, 4) is 0 Å². The van der Waals surface area contributed by atoms with Gasteiger partial charge in [-0.1, -0.05) is 45.4 Å². The molecule has 2 heterocycles. The highest BCUT2D eigenvalue weighted by atomic mass is 16.7. The van der Waals surface area contributed by atoms with Gasteiger partial charge in [-0.05, 0) is 59.2 Å². The van der Waals surface area contributed by atoms with Gasteiger partial charge < -0.3 is 34.1 Å². The second-order valence-electron chi connectivity index (χ2n) is 12.0. The Kier molecular flexibility index (Phi) is 13.6. The Bertz CT molecular complexity index is 902. The summed E-state index contributed by atoms with van der Waals surface area (Å²) in [4.78, 5) is 39.7. The SMILES string of the molecule is CC[C@H]1OC(=O)C[C@H](O)[C@H](C)[C@H](O[C@@H]2O[C@H](C)C[C@@H](N(C)C)[C@@H]2O)[C@H](CC=O)C[C@H](C)C(=O)/C=C\C(C)=C/[C@@H]1C. The van der Waals surface area contributed by atoms with Gasteiger partial charge in [-0.25, -0.2) is 0 Å². The number of carbonyl (C=O) groups is 3. The second-order valence-corrected chi connectivity index (χ2v) is 12.0. The molecule has 0 spiro atoms. The first-order chi connectivity index (χ1) is 18.8. The van der Waals surface area contributed by atoms with Crippen LogP contribution in [0.25, 0.3) is 0 Å². The van der Waals surface area contributed by atoms with Gasteiger partial charge in [0.25, 0.3) is 0 Å². The van der Waals surface area contributed by atoms with Crippen molar-refractivity contribution >= 4 is 18.0 Å². The zero-order valence-electron chi connectivity index (χ0n) is 25.5. The molecule has 0 aromatic carbocycles. The van der Waals surface area contributed by atoms with Crippen LogP contribution < -0.4 is 0 Å². The Labute approximate surface area is 239 Å². The average molecular weight is 566 g/mol. The van der Waals surface area contributed by atoms with E-state index in [4.69, 9.17) is 14.2 Å². The lowest BCUT2D eigenvalue weighted by molar-refractivity contribution is -0.283. The number of ketones is 1. The molecular weight excluding hydrogens is 514 g/mol. The molecule has 1 saturated heterocycles. The van der Waals surface area contributed by atoms with Crippen molar-refractivity contribution < 1.29 is 38.8 Å². The van der Waals surface area contributed by atoms with Gasteiger partial charge in [0.1, 0.15) is 18.5 Å². The predicted molar refractivity (Wildman–Crippen MR) is 152 cm³/mol. The maximum atomic E-state index is 13.1. The van der Waals surface area contributed by atoms with Crippen LogP contribution in [0.2, 0.25) is 0 Å². The first kappa shape index (κ1) is 34.3. The molecule has 0 saturated carbocycles. The van der Waals surface area contributed by atoms with Gasteiger partial charge in [0.15, 0.2) is 12.1 Å². The number of rotatable bonds is 6. The highest BCUT2D eigenvalue weighted by Crippen LogP contribution is 2.34. The number of likely N-dealkylation sites (N-methyl/N-ethyl adjacent to an activating group) is 1. The molecular formula is C31H51NO8. The fourth-order valence-corrected chi connectivity index (χ4v) is 5.84. The number of nitrogens with zero attached hydrogens (tertiary/aromatic N) is 1. The standard InChI is InChI=1S/C31H51NO8/c1-9-27-20(4)14-18(2)10-11-25(34)19(3)15-23(12-13-33)30(22(6)26(35)17-28(36)39-27)40-31-29(37)24(32(7)8)16-21(5)38-31/h10-11,13-14,19-24,26-27,29-31,35,37H,9,12,15-17H2,1-8H3/b11-10-,18-14-/t19-,20-,21+,22-,23+,24+,26-,27+,29-,30-,31-/m0/s1. The van der Waals surface area contributed by atoms with E-state index in [0.717, 1.165) is 11.9 Å². The molecule has 1 fully saturated rings. The van der Waals surface area contributed by atoms with E-state index in [2.05, 4.69) is 0 Å². The van der Waals surface area contributed by atoms with Crippen LogP contribution in [0.3, 0.4) is 0 Å². The maximum absolute atomic E-state index is 13.1. The smallest absolute Gasteiger partial charge is 0.308 e. The largest absolute Gasteiger partial charge is 0.462 e. The van der Waals surface area contributed by atoms with Crippen LogP contribution in [0.15, 0.2) is 23.8 Å². The topological polar surface area (TPSA) is 123 Å². The van der Waals surface area contributed by atoms with Gasteiger partial charge in [0.2, 0.25) is 0 Å². The van der Waals surface area contributed by atoms with Crippen LogP contribution in [-0.2, 0) is 28.6 Å². The fourth-order valence-electron chi connectivity index (χ4n) is 5.84. The van der Waals surface area contributed by atoms with Gasteiger partial charge in [-0.3, -0.25) is 9.59 Å². The number of aliphatic hydroxyl groups is 2. The Morgan fingerprint density at radius 1 is 1.10 bits per heavy atom. The van der Waals surface area contributed by atoms with E-state index >= 15 is 0 Å². The lowest BCUT2D eigenvalue weighted by Gasteiger charge is -2.44. The van der Waals surface area contributed by atoms with Crippen molar-refractivity contribution in [1.82, 2.24) is 4.90 Å². The highest BCUT2D eigenvalue weighted by molar-refractivity contribution is 5.91. The second kappa shape index (κ2) is 15.9. The van der Waals surface area contributed by atoms with Crippen molar-refractivity contribution in [1.29, 1.82) is 0 Å².